The first kappa shape index (κ1) is 16.9. The van der Waals surface area contributed by atoms with Gasteiger partial charge in [0.25, 0.3) is 10.0 Å². The van der Waals surface area contributed by atoms with Crippen LogP contribution >= 0.6 is 15.9 Å². The fraction of sp³-hybridized carbons (Fsp3) is 0.167. The molecule has 124 valence electrons. The van der Waals surface area contributed by atoms with Crippen LogP contribution in [0.1, 0.15) is 35.7 Å². The number of carbonyl (C=O) groups excluding carboxylic acids is 1. The number of aldehydes is 1. The van der Waals surface area contributed by atoms with Gasteiger partial charge in [-0.15, -0.1) is 0 Å². The molecule has 2 aromatic carbocycles. The minimum absolute atomic E-state index is 0.198. The van der Waals surface area contributed by atoms with E-state index in [0.29, 0.717) is 28.7 Å². The molecule has 0 spiro atoms. The molecule has 1 aromatic heterocycles. The number of hydrogen-bond acceptors (Lipinski definition) is 3. The lowest BCUT2D eigenvalue weighted by atomic mass is 10.0. The van der Waals surface area contributed by atoms with Crippen LogP contribution in [0.25, 0.3) is 10.9 Å². The van der Waals surface area contributed by atoms with Crippen LogP contribution in [0.3, 0.4) is 0 Å². The Morgan fingerprint density at radius 1 is 1.08 bits per heavy atom. The van der Waals surface area contributed by atoms with Gasteiger partial charge in [-0.2, -0.15) is 0 Å². The van der Waals surface area contributed by atoms with Crippen LogP contribution in [0.4, 0.5) is 0 Å². The molecule has 0 amide bonds. The number of hydrogen-bond donors (Lipinski definition) is 0. The second-order valence-electron chi connectivity index (χ2n) is 5.89. The van der Waals surface area contributed by atoms with E-state index in [1.165, 1.54) is 10.2 Å². The number of fused-ring (bicyclic) bond motifs is 1. The van der Waals surface area contributed by atoms with Gasteiger partial charge in [0.05, 0.1) is 10.4 Å². The zero-order valence-electron chi connectivity index (χ0n) is 13.2. The van der Waals surface area contributed by atoms with Crippen molar-refractivity contribution < 1.29 is 13.2 Å². The topological polar surface area (TPSA) is 56.1 Å². The zero-order valence-corrected chi connectivity index (χ0v) is 15.6. The molecule has 0 unspecified atom stereocenters. The Morgan fingerprint density at radius 2 is 1.75 bits per heavy atom. The Labute approximate surface area is 149 Å². The maximum Gasteiger partial charge on any atom is 0.268 e. The van der Waals surface area contributed by atoms with E-state index in [1.807, 2.05) is 12.1 Å². The second-order valence-corrected chi connectivity index (χ2v) is 8.62. The standard InChI is InChI=1S/C18H16BrNO3S/c1-12(2)13-3-6-16(7-4-13)24(22,23)20-10-14(11-21)17-9-15(19)5-8-18(17)20/h3-12H,1-2H3. The molecule has 6 heteroatoms. The van der Waals surface area contributed by atoms with E-state index in [-0.39, 0.29) is 4.90 Å². The minimum atomic E-state index is -3.77. The molecule has 0 saturated heterocycles. The van der Waals surface area contributed by atoms with Crippen molar-refractivity contribution in [2.75, 3.05) is 0 Å². The molecule has 0 fully saturated rings. The van der Waals surface area contributed by atoms with Gasteiger partial charge in [0, 0.05) is 21.6 Å². The summed E-state index contributed by atoms with van der Waals surface area (Å²) >= 11 is 3.35. The van der Waals surface area contributed by atoms with E-state index >= 15 is 0 Å². The molecular formula is C18H16BrNO3S. The maximum atomic E-state index is 13.0. The summed E-state index contributed by atoms with van der Waals surface area (Å²) in [6.45, 7) is 4.11. The lowest BCUT2D eigenvalue weighted by molar-refractivity contribution is 0.112. The van der Waals surface area contributed by atoms with Crippen molar-refractivity contribution in [3.63, 3.8) is 0 Å². The molecule has 0 N–H and O–H groups in total. The molecule has 3 aromatic rings. The van der Waals surface area contributed by atoms with Crippen molar-refractivity contribution in [3.8, 4) is 0 Å². The summed E-state index contributed by atoms with van der Waals surface area (Å²) in [6.07, 6.45) is 2.04. The van der Waals surface area contributed by atoms with Crippen molar-refractivity contribution >= 4 is 43.1 Å². The molecule has 0 aliphatic heterocycles. The van der Waals surface area contributed by atoms with E-state index in [1.54, 1.807) is 30.3 Å². The van der Waals surface area contributed by atoms with Crippen molar-refractivity contribution in [1.29, 1.82) is 0 Å². The van der Waals surface area contributed by atoms with Gasteiger partial charge < -0.3 is 0 Å². The number of carbonyl (C=O) groups is 1. The van der Waals surface area contributed by atoms with Crippen LogP contribution in [0.5, 0.6) is 0 Å². The molecule has 24 heavy (non-hydrogen) atoms. The van der Waals surface area contributed by atoms with Gasteiger partial charge in [0.2, 0.25) is 0 Å². The summed E-state index contributed by atoms with van der Waals surface area (Å²) in [6, 6.07) is 12.0. The van der Waals surface area contributed by atoms with Crippen LogP contribution in [-0.4, -0.2) is 18.7 Å². The van der Waals surface area contributed by atoms with Crippen molar-refractivity contribution in [2.45, 2.75) is 24.7 Å². The summed E-state index contributed by atoms with van der Waals surface area (Å²) in [5.41, 5.74) is 1.89. The van der Waals surface area contributed by atoms with Gasteiger partial charge in [-0.3, -0.25) is 4.79 Å². The Kier molecular flexibility index (Phi) is 4.36. The Morgan fingerprint density at radius 3 is 2.33 bits per heavy atom. The van der Waals surface area contributed by atoms with Crippen LogP contribution in [0.15, 0.2) is 58.0 Å². The molecule has 0 bridgehead atoms. The van der Waals surface area contributed by atoms with Crippen LogP contribution in [-0.2, 0) is 10.0 Å². The van der Waals surface area contributed by atoms with Gasteiger partial charge >= 0.3 is 0 Å². The predicted octanol–water partition coefficient (Wildman–Crippen LogP) is 4.58. The number of rotatable bonds is 4. The van der Waals surface area contributed by atoms with Crippen LogP contribution in [0.2, 0.25) is 0 Å². The van der Waals surface area contributed by atoms with E-state index in [9.17, 15) is 13.2 Å². The highest BCUT2D eigenvalue weighted by Crippen LogP contribution is 2.28. The Bertz CT molecular complexity index is 1020. The van der Waals surface area contributed by atoms with Crippen molar-refractivity contribution in [1.82, 2.24) is 3.97 Å². The highest BCUT2D eigenvalue weighted by Gasteiger charge is 2.21. The molecular weight excluding hydrogens is 390 g/mol. The number of benzene rings is 2. The molecule has 0 saturated carbocycles. The molecule has 0 radical (unpaired) electrons. The van der Waals surface area contributed by atoms with E-state index in [2.05, 4.69) is 29.8 Å². The number of aromatic nitrogens is 1. The van der Waals surface area contributed by atoms with Gasteiger partial charge in [0.15, 0.2) is 6.29 Å². The normalized spacial score (nSPS) is 12.0. The Balaban J connectivity index is 2.20. The smallest absolute Gasteiger partial charge is 0.268 e. The quantitative estimate of drug-likeness (QED) is 0.596. The summed E-state index contributed by atoms with van der Waals surface area (Å²) in [5, 5.41) is 0.599. The molecule has 0 atom stereocenters. The van der Waals surface area contributed by atoms with Crippen LogP contribution < -0.4 is 0 Å². The zero-order chi connectivity index (χ0) is 17.5. The fourth-order valence-electron chi connectivity index (χ4n) is 2.63. The minimum Gasteiger partial charge on any atom is -0.298 e. The van der Waals surface area contributed by atoms with Gasteiger partial charge in [-0.25, -0.2) is 12.4 Å². The molecule has 1 heterocycles. The highest BCUT2D eigenvalue weighted by molar-refractivity contribution is 9.10. The third kappa shape index (κ3) is 2.80. The maximum absolute atomic E-state index is 13.0. The number of nitrogens with zero attached hydrogens (tertiary/aromatic N) is 1. The molecule has 3 rings (SSSR count). The van der Waals surface area contributed by atoms with Crippen molar-refractivity contribution in [3.05, 3.63) is 64.3 Å². The molecule has 0 aliphatic rings. The third-order valence-corrected chi connectivity index (χ3v) is 6.18. The van der Waals surface area contributed by atoms with Gasteiger partial charge in [-0.1, -0.05) is 41.9 Å². The highest BCUT2D eigenvalue weighted by atomic mass is 79.9. The Hall–Kier alpha value is -1.92. The molecule has 0 aliphatic carbocycles. The van der Waals surface area contributed by atoms with Gasteiger partial charge in [-0.05, 0) is 41.8 Å². The predicted molar refractivity (Wildman–Crippen MR) is 98.1 cm³/mol. The van der Waals surface area contributed by atoms with Crippen molar-refractivity contribution in [2.24, 2.45) is 0 Å². The summed E-state index contributed by atoms with van der Waals surface area (Å²) in [5.74, 6) is 0.327. The first-order chi connectivity index (χ1) is 11.3. The van der Waals surface area contributed by atoms with E-state index < -0.39 is 10.0 Å². The SMILES string of the molecule is CC(C)c1ccc(S(=O)(=O)n2cc(C=O)c3cc(Br)ccc32)cc1. The summed E-state index contributed by atoms with van der Waals surface area (Å²) < 4.78 is 27.9. The lowest BCUT2D eigenvalue weighted by Crippen LogP contribution is -2.12. The van der Waals surface area contributed by atoms with E-state index in [0.717, 1.165) is 10.0 Å². The van der Waals surface area contributed by atoms with Crippen LogP contribution in [0, 0.1) is 0 Å². The average molecular weight is 406 g/mol. The van der Waals surface area contributed by atoms with Gasteiger partial charge in [0.1, 0.15) is 0 Å². The fourth-order valence-corrected chi connectivity index (χ4v) is 4.37. The monoisotopic (exact) mass is 405 g/mol. The van der Waals surface area contributed by atoms with E-state index in [4.69, 9.17) is 0 Å². The lowest BCUT2D eigenvalue weighted by Gasteiger charge is -2.10. The first-order valence-corrected chi connectivity index (χ1v) is 9.69. The largest absolute Gasteiger partial charge is 0.298 e. The first-order valence-electron chi connectivity index (χ1n) is 7.46. The summed E-state index contributed by atoms with van der Waals surface area (Å²) in [7, 11) is -3.77. The average Bonchev–Trinajstić information content (AvgIpc) is 2.93. The second kappa shape index (κ2) is 6.18. The number of halogens is 1. The third-order valence-electron chi connectivity index (χ3n) is 3.99. The summed E-state index contributed by atoms with van der Waals surface area (Å²) in [4.78, 5) is 11.5. The molecule has 4 nitrogen and oxygen atoms in total.